The third kappa shape index (κ3) is 5.76. The van der Waals surface area contributed by atoms with Crippen molar-refractivity contribution in [2.75, 3.05) is 13.7 Å². The highest BCUT2D eigenvalue weighted by Gasteiger charge is 2.34. The van der Waals surface area contributed by atoms with Crippen LogP contribution in [0.5, 0.6) is 5.75 Å². The van der Waals surface area contributed by atoms with Crippen LogP contribution in [0.1, 0.15) is 39.2 Å². The Morgan fingerprint density at radius 1 is 1.29 bits per heavy atom. The van der Waals surface area contributed by atoms with Gasteiger partial charge in [-0.25, -0.2) is 0 Å². The number of aryl methyl sites for hydroxylation is 1. The number of hydrogen-bond donors (Lipinski definition) is 1. The summed E-state index contributed by atoms with van der Waals surface area (Å²) in [5, 5.41) is 3.28. The van der Waals surface area contributed by atoms with Crippen molar-refractivity contribution in [2.24, 2.45) is 0 Å². The predicted molar refractivity (Wildman–Crippen MR) is 84.6 cm³/mol. The molecular formula is C17H27NO3. The van der Waals surface area contributed by atoms with Crippen molar-refractivity contribution in [3.8, 4) is 5.75 Å². The van der Waals surface area contributed by atoms with E-state index >= 15 is 0 Å². The summed E-state index contributed by atoms with van der Waals surface area (Å²) in [4.78, 5) is 11.9. The summed E-state index contributed by atoms with van der Waals surface area (Å²) in [7, 11) is 1.42. The third-order valence-electron chi connectivity index (χ3n) is 3.35. The largest absolute Gasteiger partial charge is 0.494 e. The molecule has 4 nitrogen and oxygen atoms in total. The Hall–Kier alpha value is -1.55. The Kier molecular flexibility index (Phi) is 6.69. The van der Waals surface area contributed by atoms with Crippen LogP contribution < -0.4 is 10.1 Å². The molecule has 0 saturated carbocycles. The van der Waals surface area contributed by atoms with E-state index in [4.69, 9.17) is 9.47 Å². The lowest BCUT2D eigenvalue weighted by Crippen LogP contribution is -2.53. The Morgan fingerprint density at radius 3 is 2.43 bits per heavy atom. The maximum atomic E-state index is 11.9. The van der Waals surface area contributed by atoms with E-state index in [0.29, 0.717) is 13.0 Å². The highest BCUT2D eigenvalue weighted by Crippen LogP contribution is 2.17. The minimum Gasteiger partial charge on any atom is -0.494 e. The highest BCUT2D eigenvalue weighted by molar-refractivity contribution is 5.80. The summed E-state index contributed by atoms with van der Waals surface area (Å²) in [5.74, 6) is 0.628. The van der Waals surface area contributed by atoms with Gasteiger partial charge in [-0.1, -0.05) is 17.7 Å². The summed E-state index contributed by atoms with van der Waals surface area (Å²) < 4.78 is 10.6. The van der Waals surface area contributed by atoms with Crippen molar-refractivity contribution >= 4 is 5.97 Å². The van der Waals surface area contributed by atoms with Crippen molar-refractivity contribution < 1.29 is 14.3 Å². The summed E-state index contributed by atoms with van der Waals surface area (Å²) >= 11 is 0. The Balaban J connectivity index is 2.46. The van der Waals surface area contributed by atoms with Crippen LogP contribution in [-0.2, 0) is 9.53 Å². The molecule has 1 aromatic rings. The molecule has 0 spiro atoms. The quantitative estimate of drug-likeness (QED) is 0.591. The molecule has 0 heterocycles. The molecule has 1 rings (SSSR count). The van der Waals surface area contributed by atoms with E-state index in [1.807, 2.05) is 52.0 Å². The molecule has 0 radical (unpaired) electrons. The number of esters is 1. The molecule has 0 saturated heterocycles. The molecule has 1 atom stereocenters. The summed E-state index contributed by atoms with van der Waals surface area (Å²) in [5.41, 5.74) is 0.543. The zero-order valence-electron chi connectivity index (χ0n) is 13.7. The molecule has 1 unspecified atom stereocenters. The van der Waals surface area contributed by atoms with Gasteiger partial charge in [-0.15, -0.1) is 0 Å². The van der Waals surface area contributed by atoms with Crippen LogP contribution in [0.25, 0.3) is 0 Å². The first-order chi connectivity index (χ1) is 9.87. The van der Waals surface area contributed by atoms with E-state index in [9.17, 15) is 4.79 Å². The maximum absolute atomic E-state index is 11.9. The lowest BCUT2D eigenvalue weighted by Gasteiger charge is -2.30. The second-order valence-corrected chi connectivity index (χ2v) is 5.89. The van der Waals surface area contributed by atoms with E-state index in [0.717, 1.165) is 12.2 Å². The molecule has 0 aliphatic rings. The van der Waals surface area contributed by atoms with Gasteiger partial charge >= 0.3 is 5.97 Å². The van der Waals surface area contributed by atoms with Crippen molar-refractivity contribution in [2.45, 2.75) is 52.1 Å². The van der Waals surface area contributed by atoms with E-state index in [1.165, 1.54) is 12.7 Å². The number of rotatable bonds is 8. The zero-order valence-corrected chi connectivity index (χ0v) is 13.7. The van der Waals surface area contributed by atoms with Gasteiger partial charge in [0.2, 0.25) is 0 Å². The van der Waals surface area contributed by atoms with Crippen molar-refractivity contribution in [1.82, 2.24) is 5.32 Å². The third-order valence-corrected chi connectivity index (χ3v) is 3.35. The smallest absolute Gasteiger partial charge is 0.325 e. The minimum absolute atomic E-state index is 0.215. The normalized spacial score (nSPS) is 13.8. The number of hydrogen-bond acceptors (Lipinski definition) is 4. The van der Waals surface area contributed by atoms with Crippen LogP contribution in [0.15, 0.2) is 24.3 Å². The summed E-state index contributed by atoms with van der Waals surface area (Å²) in [6.07, 6.45) is 1.45. The second-order valence-electron chi connectivity index (χ2n) is 5.89. The van der Waals surface area contributed by atoms with Crippen LogP contribution in [0.3, 0.4) is 0 Å². The molecule has 0 aromatic heterocycles. The predicted octanol–water partition coefficient (Wildman–Crippen LogP) is 3.08. The van der Waals surface area contributed by atoms with Gasteiger partial charge in [0, 0.05) is 6.04 Å². The number of benzene rings is 1. The van der Waals surface area contributed by atoms with Gasteiger partial charge in [0.25, 0.3) is 0 Å². The first kappa shape index (κ1) is 17.5. The number of nitrogens with one attached hydrogen (secondary N) is 1. The fourth-order valence-corrected chi connectivity index (χ4v) is 2.35. The van der Waals surface area contributed by atoms with Crippen LogP contribution in [0.4, 0.5) is 0 Å². The van der Waals surface area contributed by atoms with Crippen LogP contribution >= 0.6 is 0 Å². The number of ether oxygens (including phenoxy) is 2. The van der Waals surface area contributed by atoms with E-state index in [2.05, 4.69) is 5.32 Å². The molecule has 0 amide bonds. The Labute approximate surface area is 127 Å². The molecule has 0 aliphatic heterocycles. The molecule has 0 bridgehead atoms. The lowest BCUT2D eigenvalue weighted by molar-refractivity contribution is -0.148. The van der Waals surface area contributed by atoms with E-state index < -0.39 is 5.54 Å². The van der Waals surface area contributed by atoms with Gasteiger partial charge in [-0.2, -0.15) is 0 Å². The Bertz CT molecular complexity index is 442. The van der Waals surface area contributed by atoms with Gasteiger partial charge in [-0.05, 0) is 52.7 Å². The van der Waals surface area contributed by atoms with E-state index in [1.54, 1.807) is 0 Å². The average Bonchev–Trinajstić information content (AvgIpc) is 2.44. The first-order valence-electron chi connectivity index (χ1n) is 7.43. The maximum Gasteiger partial charge on any atom is 0.325 e. The molecule has 1 aromatic carbocycles. The first-order valence-corrected chi connectivity index (χ1v) is 7.43. The van der Waals surface area contributed by atoms with Gasteiger partial charge in [0.05, 0.1) is 13.7 Å². The molecule has 0 aliphatic carbocycles. The van der Waals surface area contributed by atoms with Crippen molar-refractivity contribution in [1.29, 1.82) is 0 Å². The number of carbonyl (C=O) groups excluding carboxylic acids is 1. The van der Waals surface area contributed by atoms with Gasteiger partial charge in [0.15, 0.2) is 0 Å². The SMILES string of the molecule is COC(=O)C(C)(CCCOc1ccc(C)cc1)NC(C)C. The highest BCUT2D eigenvalue weighted by atomic mass is 16.5. The van der Waals surface area contributed by atoms with E-state index in [-0.39, 0.29) is 12.0 Å². The fraction of sp³-hybridized carbons (Fsp3) is 0.588. The van der Waals surface area contributed by atoms with Crippen molar-refractivity contribution in [3.05, 3.63) is 29.8 Å². The molecule has 21 heavy (non-hydrogen) atoms. The Morgan fingerprint density at radius 2 is 1.90 bits per heavy atom. The minimum atomic E-state index is -0.667. The zero-order chi connectivity index (χ0) is 15.9. The molecular weight excluding hydrogens is 266 g/mol. The molecule has 4 heteroatoms. The second kappa shape index (κ2) is 8.03. The summed E-state index contributed by atoms with van der Waals surface area (Å²) in [6.45, 7) is 8.54. The number of methoxy groups -OCH3 is 1. The average molecular weight is 293 g/mol. The van der Waals surface area contributed by atoms with Crippen LogP contribution in [-0.4, -0.2) is 31.3 Å². The molecule has 0 fully saturated rings. The topological polar surface area (TPSA) is 47.6 Å². The lowest BCUT2D eigenvalue weighted by atomic mass is 9.95. The fourth-order valence-electron chi connectivity index (χ4n) is 2.35. The summed E-state index contributed by atoms with van der Waals surface area (Å²) in [6, 6.07) is 8.18. The van der Waals surface area contributed by atoms with Gasteiger partial charge in [-0.3, -0.25) is 10.1 Å². The number of carbonyl (C=O) groups is 1. The van der Waals surface area contributed by atoms with Crippen molar-refractivity contribution in [3.63, 3.8) is 0 Å². The monoisotopic (exact) mass is 293 g/mol. The van der Waals surface area contributed by atoms with Crippen LogP contribution in [0, 0.1) is 6.92 Å². The molecule has 118 valence electrons. The van der Waals surface area contributed by atoms with Gasteiger partial charge in [0.1, 0.15) is 11.3 Å². The van der Waals surface area contributed by atoms with Gasteiger partial charge < -0.3 is 9.47 Å². The standard InChI is InChI=1S/C17H27NO3/c1-13(2)18-17(4,16(19)20-5)11-6-12-21-15-9-7-14(3)8-10-15/h7-10,13,18H,6,11-12H2,1-5H3. The molecule has 1 N–H and O–H groups in total. The van der Waals surface area contributed by atoms with Crippen LogP contribution in [0.2, 0.25) is 0 Å².